The van der Waals surface area contributed by atoms with Gasteiger partial charge < -0.3 is 15.5 Å². The Morgan fingerprint density at radius 3 is 2.50 bits per heavy atom. The first-order valence-electron chi connectivity index (χ1n) is 8.41. The number of nitrogens with one attached hydrogen (secondary N) is 2. The summed E-state index contributed by atoms with van der Waals surface area (Å²) in [6, 6.07) is 12.3. The smallest absolute Gasteiger partial charge is 0.255 e. The second kappa shape index (κ2) is 6.49. The molecular formula is C19H17Cl2N3O2. The van der Waals surface area contributed by atoms with E-state index in [1.807, 2.05) is 6.07 Å². The topological polar surface area (TPSA) is 61.4 Å². The maximum absolute atomic E-state index is 12.7. The first-order valence-corrected chi connectivity index (χ1v) is 9.17. The van der Waals surface area contributed by atoms with Crippen molar-refractivity contribution in [1.82, 2.24) is 10.2 Å². The minimum absolute atomic E-state index is 0.0835. The first-order chi connectivity index (χ1) is 12.5. The number of rotatable bonds is 1. The Hall–Kier alpha value is -2.24. The van der Waals surface area contributed by atoms with Gasteiger partial charge in [-0.2, -0.15) is 0 Å². The zero-order valence-electron chi connectivity index (χ0n) is 13.9. The van der Waals surface area contributed by atoms with Crippen LogP contribution in [-0.2, 0) is 0 Å². The molecule has 2 amide bonds. The van der Waals surface area contributed by atoms with Crippen LogP contribution in [0.15, 0.2) is 42.5 Å². The summed E-state index contributed by atoms with van der Waals surface area (Å²) in [4.78, 5) is 27.0. The van der Waals surface area contributed by atoms with Gasteiger partial charge in [0.15, 0.2) is 0 Å². The lowest BCUT2D eigenvalue weighted by Gasteiger charge is -2.46. The van der Waals surface area contributed by atoms with Crippen molar-refractivity contribution in [2.75, 3.05) is 18.4 Å². The maximum Gasteiger partial charge on any atom is 0.255 e. The van der Waals surface area contributed by atoms with Gasteiger partial charge in [0.1, 0.15) is 5.66 Å². The fourth-order valence-electron chi connectivity index (χ4n) is 3.53. The summed E-state index contributed by atoms with van der Waals surface area (Å²) in [5, 5.41) is 7.46. The van der Waals surface area contributed by atoms with Gasteiger partial charge in [-0.05, 0) is 30.3 Å². The molecule has 0 atom stereocenters. The molecule has 0 aliphatic carbocycles. The zero-order valence-corrected chi connectivity index (χ0v) is 15.4. The highest BCUT2D eigenvalue weighted by atomic mass is 35.5. The number of hydrogen-bond acceptors (Lipinski definition) is 3. The van der Waals surface area contributed by atoms with E-state index in [0.717, 1.165) is 5.69 Å². The minimum Gasteiger partial charge on any atom is -0.362 e. The summed E-state index contributed by atoms with van der Waals surface area (Å²) in [5.74, 6) is -0.230. The molecule has 2 aromatic rings. The van der Waals surface area contributed by atoms with E-state index >= 15 is 0 Å². The Bertz CT molecular complexity index is 892. The molecule has 5 nitrogen and oxygen atoms in total. The summed E-state index contributed by atoms with van der Waals surface area (Å²) in [6.07, 6.45) is 1.22. The normalized spacial score (nSPS) is 18.1. The van der Waals surface area contributed by atoms with Crippen molar-refractivity contribution in [1.29, 1.82) is 0 Å². The number of likely N-dealkylation sites (tertiary alicyclic amines) is 1. The molecule has 7 heteroatoms. The van der Waals surface area contributed by atoms with Gasteiger partial charge in [0.05, 0.1) is 16.1 Å². The Kier molecular flexibility index (Phi) is 4.29. The highest BCUT2D eigenvalue weighted by Crippen LogP contribution is 2.33. The largest absolute Gasteiger partial charge is 0.362 e. The number of benzene rings is 2. The fraction of sp³-hybridized carbons (Fsp3) is 0.263. The number of amides is 2. The van der Waals surface area contributed by atoms with Crippen LogP contribution in [0.5, 0.6) is 0 Å². The van der Waals surface area contributed by atoms with Gasteiger partial charge in [-0.25, -0.2) is 0 Å². The SMILES string of the molecule is O=C1NC2(CCN(C(=O)c3ccccc3Cl)CC2)Nc2ccc(Cl)cc21. The van der Waals surface area contributed by atoms with Crippen molar-refractivity contribution in [2.45, 2.75) is 18.5 Å². The summed E-state index contributed by atoms with van der Waals surface area (Å²) in [5.41, 5.74) is 1.27. The Morgan fingerprint density at radius 1 is 1.04 bits per heavy atom. The minimum atomic E-state index is -0.546. The molecule has 2 heterocycles. The molecule has 1 spiro atoms. The van der Waals surface area contributed by atoms with Crippen molar-refractivity contribution in [3.05, 3.63) is 63.6 Å². The van der Waals surface area contributed by atoms with E-state index in [-0.39, 0.29) is 11.8 Å². The van der Waals surface area contributed by atoms with Gasteiger partial charge in [-0.1, -0.05) is 35.3 Å². The number of piperidine rings is 1. The van der Waals surface area contributed by atoms with Crippen molar-refractivity contribution in [2.24, 2.45) is 0 Å². The highest BCUT2D eigenvalue weighted by molar-refractivity contribution is 6.33. The van der Waals surface area contributed by atoms with Crippen LogP contribution in [0.25, 0.3) is 0 Å². The van der Waals surface area contributed by atoms with Gasteiger partial charge in [-0.3, -0.25) is 9.59 Å². The van der Waals surface area contributed by atoms with E-state index in [1.54, 1.807) is 41.3 Å². The molecule has 0 saturated carbocycles. The molecule has 26 heavy (non-hydrogen) atoms. The standard InChI is InChI=1S/C19H17Cl2N3O2/c20-12-5-6-16-14(11-12)17(25)23-19(22-16)7-9-24(10-8-19)18(26)13-3-1-2-4-15(13)21/h1-6,11,22H,7-10H2,(H,23,25). The third kappa shape index (κ3) is 3.02. The predicted octanol–water partition coefficient (Wildman–Crippen LogP) is 3.78. The van der Waals surface area contributed by atoms with Gasteiger partial charge in [0.2, 0.25) is 0 Å². The molecule has 2 aromatic carbocycles. The number of anilines is 1. The average molecular weight is 390 g/mol. The number of fused-ring (bicyclic) bond motifs is 1. The summed E-state index contributed by atoms with van der Waals surface area (Å²) in [6.45, 7) is 1.06. The Morgan fingerprint density at radius 2 is 1.77 bits per heavy atom. The second-order valence-electron chi connectivity index (χ2n) is 6.62. The highest BCUT2D eigenvalue weighted by Gasteiger charge is 2.41. The van der Waals surface area contributed by atoms with Crippen molar-refractivity contribution >= 4 is 40.7 Å². The summed E-state index contributed by atoms with van der Waals surface area (Å²) in [7, 11) is 0. The van der Waals surface area contributed by atoms with E-state index in [4.69, 9.17) is 23.2 Å². The molecule has 134 valence electrons. The van der Waals surface area contributed by atoms with Crippen LogP contribution in [0, 0.1) is 0 Å². The van der Waals surface area contributed by atoms with Gasteiger partial charge >= 0.3 is 0 Å². The fourth-order valence-corrected chi connectivity index (χ4v) is 3.92. The first kappa shape index (κ1) is 17.2. The molecule has 0 bridgehead atoms. The van der Waals surface area contributed by atoms with Gasteiger partial charge in [0.25, 0.3) is 11.8 Å². The van der Waals surface area contributed by atoms with Gasteiger partial charge in [0, 0.05) is 36.6 Å². The maximum atomic E-state index is 12.7. The third-order valence-corrected chi connectivity index (χ3v) is 5.53. The second-order valence-corrected chi connectivity index (χ2v) is 7.47. The molecule has 4 rings (SSSR count). The quantitative estimate of drug-likeness (QED) is 0.779. The van der Waals surface area contributed by atoms with E-state index < -0.39 is 5.66 Å². The molecule has 2 aliphatic rings. The van der Waals surface area contributed by atoms with Gasteiger partial charge in [-0.15, -0.1) is 0 Å². The van der Waals surface area contributed by atoms with Crippen LogP contribution < -0.4 is 10.6 Å². The summed E-state index contributed by atoms with van der Waals surface area (Å²) < 4.78 is 0. The van der Waals surface area contributed by atoms with Crippen LogP contribution in [0.1, 0.15) is 33.6 Å². The van der Waals surface area contributed by atoms with Crippen molar-refractivity contribution in [3.8, 4) is 0 Å². The lowest BCUT2D eigenvalue weighted by Crippen LogP contribution is -2.62. The molecule has 1 saturated heterocycles. The average Bonchev–Trinajstić information content (AvgIpc) is 2.63. The van der Waals surface area contributed by atoms with E-state index in [0.29, 0.717) is 47.1 Å². The van der Waals surface area contributed by atoms with Crippen LogP contribution in [0.4, 0.5) is 5.69 Å². The van der Waals surface area contributed by atoms with Crippen molar-refractivity contribution in [3.63, 3.8) is 0 Å². The molecule has 0 unspecified atom stereocenters. The Labute approximate surface area is 161 Å². The zero-order chi connectivity index (χ0) is 18.3. The lowest BCUT2D eigenvalue weighted by atomic mass is 9.92. The number of hydrogen-bond donors (Lipinski definition) is 2. The van der Waals surface area contributed by atoms with E-state index in [2.05, 4.69) is 10.6 Å². The van der Waals surface area contributed by atoms with Crippen LogP contribution in [0.2, 0.25) is 10.0 Å². The molecule has 2 N–H and O–H groups in total. The molecule has 2 aliphatic heterocycles. The molecule has 1 fully saturated rings. The predicted molar refractivity (Wildman–Crippen MR) is 102 cm³/mol. The van der Waals surface area contributed by atoms with Crippen LogP contribution >= 0.6 is 23.2 Å². The monoisotopic (exact) mass is 389 g/mol. The third-order valence-electron chi connectivity index (χ3n) is 4.96. The van der Waals surface area contributed by atoms with E-state index in [1.165, 1.54) is 0 Å². The number of carbonyl (C=O) groups is 2. The molecule has 0 aromatic heterocycles. The van der Waals surface area contributed by atoms with Crippen LogP contribution in [0.3, 0.4) is 0 Å². The van der Waals surface area contributed by atoms with Crippen molar-refractivity contribution < 1.29 is 9.59 Å². The lowest BCUT2D eigenvalue weighted by molar-refractivity contribution is 0.0640. The van der Waals surface area contributed by atoms with Crippen LogP contribution in [-0.4, -0.2) is 35.5 Å². The Balaban J connectivity index is 1.50. The summed E-state index contributed by atoms with van der Waals surface area (Å²) >= 11 is 12.1. The van der Waals surface area contributed by atoms with E-state index in [9.17, 15) is 9.59 Å². The molecule has 0 radical (unpaired) electrons. The number of nitrogens with zero attached hydrogens (tertiary/aromatic N) is 1. The molecular weight excluding hydrogens is 373 g/mol. The number of carbonyl (C=O) groups excluding carboxylic acids is 2. The number of halogens is 2.